The number of Topliss-reactive ketones (excluding diaryl/α,β-unsaturated/α-hetero) is 1. The third kappa shape index (κ3) is 2.47. The molecule has 3 aromatic rings. The Kier molecular flexibility index (Phi) is 3.58. The molecule has 5 heteroatoms. The van der Waals surface area contributed by atoms with E-state index in [0.29, 0.717) is 23.2 Å². The maximum atomic E-state index is 12.3. The molecule has 2 heterocycles. The molecule has 1 aliphatic heterocycles. The highest BCUT2D eigenvalue weighted by Gasteiger charge is 2.16. The van der Waals surface area contributed by atoms with Gasteiger partial charge in [-0.25, -0.2) is 4.79 Å². The van der Waals surface area contributed by atoms with Crippen LogP contribution in [0.1, 0.15) is 34.0 Å². The van der Waals surface area contributed by atoms with Crippen LogP contribution in [0.5, 0.6) is 0 Å². The highest BCUT2D eigenvalue weighted by Crippen LogP contribution is 2.22. The van der Waals surface area contributed by atoms with E-state index in [4.69, 9.17) is 4.42 Å². The predicted molar refractivity (Wildman–Crippen MR) is 91.4 cm³/mol. The van der Waals surface area contributed by atoms with Crippen LogP contribution in [0.3, 0.4) is 0 Å². The number of oxazole rings is 1. The molecule has 0 saturated heterocycles. The maximum Gasteiger partial charge on any atom is 0.420 e. The van der Waals surface area contributed by atoms with Gasteiger partial charge in [-0.2, -0.15) is 0 Å². The molecule has 5 nitrogen and oxygen atoms in total. The fourth-order valence-electron chi connectivity index (χ4n) is 3.34. The summed E-state index contributed by atoms with van der Waals surface area (Å²) >= 11 is 0. The fraction of sp³-hybridized carbons (Fsp3) is 0.263. The fourth-order valence-corrected chi connectivity index (χ4v) is 3.34. The Bertz CT molecular complexity index is 998. The third-order valence-electron chi connectivity index (χ3n) is 4.65. The van der Waals surface area contributed by atoms with E-state index in [2.05, 4.69) is 17.4 Å². The van der Waals surface area contributed by atoms with E-state index in [0.717, 1.165) is 25.1 Å². The molecule has 1 aliphatic rings. The molecule has 0 unspecified atom stereocenters. The topological polar surface area (TPSA) is 64.2 Å². The number of nitrogens with zero attached hydrogens (tertiary/aromatic N) is 1. The number of ketones is 1. The number of fused-ring (bicyclic) bond motifs is 2. The van der Waals surface area contributed by atoms with Crippen LogP contribution in [-0.2, 0) is 19.5 Å². The molecule has 0 atom stereocenters. The first kappa shape index (κ1) is 14.9. The third-order valence-corrected chi connectivity index (χ3v) is 4.65. The van der Waals surface area contributed by atoms with E-state index in [1.807, 2.05) is 6.07 Å². The summed E-state index contributed by atoms with van der Waals surface area (Å²) in [7, 11) is 0. The molecule has 2 aromatic carbocycles. The van der Waals surface area contributed by atoms with Crippen molar-refractivity contribution >= 4 is 16.9 Å². The van der Waals surface area contributed by atoms with Crippen LogP contribution in [0, 0.1) is 0 Å². The van der Waals surface area contributed by atoms with Gasteiger partial charge < -0.3 is 9.73 Å². The normalized spacial score (nSPS) is 13.9. The van der Waals surface area contributed by atoms with E-state index in [1.54, 1.807) is 22.8 Å². The number of aromatic nitrogens is 1. The van der Waals surface area contributed by atoms with Crippen LogP contribution in [0.25, 0.3) is 11.1 Å². The summed E-state index contributed by atoms with van der Waals surface area (Å²) in [4.78, 5) is 23.8. The lowest BCUT2D eigenvalue weighted by Crippen LogP contribution is -2.26. The zero-order valence-electron chi connectivity index (χ0n) is 13.5. The van der Waals surface area contributed by atoms with Crippen molar-refractivity contribution in [2.45, 2.75) is 26.4 Å². The molecule has 0 spiro atoms. The highest BCUT2D eigenvalue weighted by molar-refractivity contribution is 5.96. The van der Waals surface area contributed by atoms with Crippen LogP contribution in [0.2, 0.25) is 0 Å². The minimum Gasteiger partial charge on any atom is -0.408 e. The Labute approximate surface area is 138 Å². The predicted octanol–water partition coefficient (Wildman–Crippen LogP) is 2.49. The molecule has 0 fully saturated rings. The summed E-state index contributed by atoms with van der Waals surface area (Å²) in [6.45, 7) is 3.78. The number of rotatable bonds is 3. The van der Waals surface area contributed by atoms with Gasteiger partial charge in [0, 0.05) is 12.1 Å². The first-order chi connectivity index (χ1) is 11.6. The van der Waals surface area contributed by atoms with E-state index in [9.17, 15) is 9.59 Å². The molecule has 122 valence electrons. The van der Waals surface area contributed by atoms with Gasteiger partial charge in [0.25, 0.3) is 0 Å². The molecule has 1 aromatic heterocycles. The minimum absolute atomic E-state index is 0.0458. The lowest BCUT2D eigenvalue weighted by Gasteiger charge is -2.20. The van der Waals surface area contributed by atoms with Crippen LogP contribution in [0.4, 0.5) is 0 Å². The van der Waals surface area contributed by atoms with Crippen molar-refractivity contribution in [1.82, 2.24) is 9.88 Å². The Morgan fingerprint density at radius 2 is 2.17 bits per heavy atom. The molecule has 24 heavy (non-hydrogen) atoms. The van der Waals surface area contributed by atoms with Gasteiger partial charge in [0.2, 0.25) is 0 Å². The van der Waals surface area contributed by atoms with Gasteiger partial charge in [-0.15, -0.1) is 0 Å². The second-order valence-electron chi connectivity index (χ2n) is 6.17. The van der Waals surface area contributed by atoms with Gasteiger partial charge in [0.15, 0.2) is 11.4 Å². The monoisotopic (exact) mass is 322 g/mol. The van der Waals surface area contributed by atoms with Crippen molar-refractivity contribution in [2.75, 3.05) is 6.54 Å². The SMILES string of the molecule is CC(=O)c1ccc2c(c1)oc(=O)n2Cc1cccc2c1CNCC2. The zero-order valence-corrected chi connectivity index (χ0v) is 13.5. The standard InChI is InChI=1S/C19H18N2O3/c1-12(22)14-5-6-17-18(9-14)24-19(23)21(17)11-15-4-2-3-13-7-8-20-10-16(13)15/h2-6,9,20H,7-8,10-11H2,1H3. The Morgan fingerprint density at radius 3 is 3.00 bits per heavy atom. The van der Waals surface area contributed by atoms with E-state index in [1.165, 1.54) is 18.1 Å². The van der Waals surface area contributed by atoms with Crippen molar-refractivity contribution in [3.8, 4) is 0 Å². The minimum atomic E-state index is -0.396. The van der Waals surface area contributed by atoms with Gasteiger partial charge in [-0.1, -0.05) is 18.2 Å². The molecular formula is C19H18N2O3. The Morgan fingerprint density at radius 1 is 1.29 bits per heavy atom. The van der Waals surface area contributed by atoms with Crippen LogP contribution in [-0.4, -0.2) is 16.9 Å². The van der Waals surface area contributed by atoms with Crippen LogP contribution in [0.15, 0.2) is 45.6 Å². The van der Waals surface area contributed by atoms with Crippen molar-refractivity contribution in [2.24, 2.45) is 0 Å². The lowest BCUT2D eigenvalue weighted by atomic mass is 9.96. The van der Waals surface area contributed by atoms with Gasteiger partial charge in [-0.3, -0.25) is 9.36 Å². The number of hydrogen-bond acceptors (Lipinski definition) is 4. The summed E-state index contributed by atoms with van der Waals surface area (Å²) in [6, 6.07) is 11.4. The summed E-state index contributed by atoms with van der Waals surface area (Å²) in [5.41, 5.74) is 5.45. The van der Waals surface area contributed by atoms with E-state index in [-0.39, 0.29) is 5.78 Å². The molecule has 0 amide bonds. The maximum absolute atomic E-state index is 12.3. The first-order valence-electron chi connectivity index (χ1n) is 8.08. The smallest absolute Gasteiger partial charge is 0.408 e. The highest BCUT2D eigenvalue weighted by atomic mass is 16.4. The summed E-state index contributed by atoms with van der Waals surface area (Å²) in [6.07, 6.45) is 1.01. The number of nitrogens with one attached hydrogen (secondary N) is 1. The van der Waals surface area contributed by atoms with Crippen molar-refractivity contribution in [1.29, 1.82) is 0 Å². The largest absolute Gasteiger partial charge is 0.420 e. The average Bonchev–Trinajstić information content (AvgIpc) is 2.90. The number of carbonyl (C=O) groups excluding carboxylic acids is 1. The number of benzene rings is 2. The quantitative estimate of drug-likeness (QED) is 0.753. The van der Waals surface area contributed by atoms with Crippen LogP contribution >= 0.6 is 0 Å². The van der Waals surface area contributed by atoms with Gasteiger partial charge >= 0.3 is 5.76 Å². The van der Waals surface area contributed by atoms with Gasteiger partial charge in [0.1, 0.15) is 0 Å². The Hall–Kier alpha value is -2.66. The lowest BCUT2D eigenvalue weighted by molar-refractivity contribution is 0.101. The average molecular weight is 322 g/mol. The number of carbonyl (C=O) groups is 1. The molecule has 0 saturated carbocycles. The van der Waals surface area contributed by atoms with E-state index < -0.39 is 5.76 Å². The molecular weight excluding hydrogens is 304 g/mol. The van der Waals surface area contributed by atoms with Gasteiger partial charge in [-0.05, 0) is 54.8 Å². The summed E-state index contributed by atoms with van der Waals surface area (Å²) in [5, 5.41) is 3.38. The Balaban J connectivity index is 1.79. The van der Waals surface area contributed by atoms with Crippen molar-refractivity contribution < 1.29 is 9.21 Å². The van der Waals surface area contributed by atoms with E-state index >= 15 is 0 Å². The molecule has 0 aliphatic carbocycles. The van der Waals surface area contributed by atoms with Crippen molar-refractivity contribution in [3.63, 3.8) is 0 Å². The zero-order chi connectivity index (χ0) is 16.7. The number of hydrogen-bond donors (Lipinski definition) is 1. The molecule has 0 radical (unpaired) electrons. The summed E-state index contributed by atoms with van der Waals surface area (Å²) in [5.74, 6) is -0.442. The molecule has 0 bridgehead atoms. The van der Waals surface area contributed by atoms with Gasteiger partial charge in [0.05, 0.1) is 12.1 Å². The second-order valence-corrected chi connectivity index (χ2v) is 6.17. The first-order valence-corrected chi connectivity index (χ1v) is 8.08. The summed E-state index contributed by atoms with van der Waals surface area (Å²) < 4.78 is 6.97. The second kappa shape index (κ2) is 5.76. The molecule has 4 rings (SSSR count). The molecule has 1 N–H and O–H groups in total. The van der Waals surface area contributed by atoms with Crippen molar-refractivity contribution in [3.05, 3.63) is 69.2 Å². The van der Waals surface area contributed by atoms with Crippen LogP contribution < -0.4 is 11.1 Å².